The molecule has 0 saturated heterocycles. The number of anilines is 2. The third-order valence-corrected chi connectivity index (χ3v) is 4.13. The first kappa shape index (κ1) is 18.6. The Bertz CT molecular complexity index is 793. The van der Waals surface area contributed by atoms with Crippen LogP contribution in [0.3, 0.4) is 0 Å². The number of amides is 2. The van der Waals surface area contributed by atoms with E-state index in [4.69, 9.17) is 34.8 Å². The standard InChI is InChI=1S/C17H15Cl3N2O2/c1-10-7-12(18)4-6-15(10)21-17(24)9-22(11(2)23)16-8-13(19)3-5-14(16)20/h3-8H,9H2,1-2H3,(H,21,24). The van der Waals surface area contributed by atoms with E-state index in [-0.39, 0.29) is 18.4 Å². The molecule has 0 fully saturated rings. The highest BCUT2D eigenvalue weighted by Crippen LogP contribution is 2.29. The van der Waals surface area contributed by atoms with Gasteiger partial charge in [0.05, 0.1) is 10.7 Å². The van der Waals surface area contributed by atoms with E-state index in [1.165, 1.54) is 11.8 Å². The number of benzene rings is 2. The minimum atomic E-state index is -0.355. The van der Waals surface area contributed by atoms with Crippen molar-refractivity contribution >= 4 is 58.0 Å². The quantitative estimate of drug-likeness (QED) is 0.810. The highest BCUT2D eigenvalue weighted by molar-refractivity contribution is 6.36. The molecule has 1 N–H and O–H groups in total. The van der Waals surface area contributed by atoms with Gasteiger partial charge in [-0.2, -0.15) is 0 Å². The average molecular weight is 386 g/mol. The Morgan fingerprint density at radius 1 is 1.04 bits per heavy atom. The molecule has 24 heavy (non-hydrogen) atoms. The first-order chi connectivity index (χ1) is 11.3. The molecule has 7 heteroatoms. The molecule has 0 bridgehead atoms. The third-order valence-electron chi connectivity index (χ3n) is 3.34. The molecule has 4 nitrogen and oxygen atoms in total. The Kier molecular flexibility index (Phi) is 6.10. The van der Waals surface area contributed by atoms with Crippen molar-refractivity contribution in [2.45, 2.75) is 13.8 Å². The van der Waals surface area contributed by atoms with Gasteiger partial charge in [-0.1, -0.05) is 34.8 Å². The topological polar surface area (TPSA) is 49.4 Å². The summed E-state index contributed by atoms with van der Waals surface area (Å²) in [5.41, 5.74) is 1.84. The van der Waals surface area contributed by atoms with Crippen molar-refractivity contribution in [2.24, 2.45) is 0 Å². The molecule has 0 atom stereocenters. The Morgan fingerprint density at radius 2 is 1.67 bits per heavy atom. The lowest BCUT2D eigenvalue weighted by atomic mass is 10.2. The van der Waals surface area contributed by atoms with Crippen molar-refractivity contribution in [3.8, 4) is 0 Å². The number of hydrogen-bond acceptors (Lipinski definition) is 2. The van der Waals surface area contributed by atoms with Crippen LogP contribution >= 0.6 is 34.8 Å². The van der Waals surface area contributed by atoms with E-state index in [1.54, 1.807) is 36.4 Å². The lowest BCUT2D eigenvalue weighted by Crippen LogP contribution is -2.37. The van der Waals surface area contributed by atoms with Crippen LogP contribution in [0, 0.1) is 6.92 Å². The summed E-state index contributed by atoms with van der Waals surface area (Å²) in [4.78, 5) is 25.5. The van der Waals surface area contributed by atoms with Crippen LogP contribution in [0.5, 0.6) is 0 Å². The monoisotopic (exact) mass is 384 g/mol. The molecule has 2 aromatic carbocycles. The largest absolute Gasteiger partial charge is 0.324 e. The molecule has 2 rings (SSSR count). The van der Waals surface area contributed by atoms with Crippen LogP contribution in [-0.2, 0) is 9.59 Å². The Balaban J connectivity index is 2.20. The van der Waals surface area contributed by atoms with E-state index in [9.17, 15) is 9.59 Å². The highest BCUT2D eigenvalue weighted by atomic mass is 35.5. The number of carbonyl (C=O) groups excluding carboxylic acids is 2. The predicted molar refractivity (Wildman–Crippen MR) is 99.3 cm³/mol. The predicted octanol–water partition coefficient (Wildman–Crippen LogP) is 4.95. The SMILES string of the molecule is CC(=O)N(CC(=O)Nc1ccc(Cl)cc1C)c1cc(Cl)ccc1Cl. The van der Waals surface area contributed by atoms with Gasteiger partial charge in [0.25, 0.3) is 0 Å². The zero-order valence-corrected chi connectivity index (χ0v) is 15.3. The van der Waals surface area contributed by atoms with Crippen molar-refractivity contribution in [3.63, 3.8) is 0 Å². The molecule has 0 aliphatic rings. The zero-order valence-electron chi connectivity index (χ0n) is 13.1. The number of hydrogen-bond donors (Lipinski definition) is 1. The van der Waals surface area contributed by atoms with Crippen LogP contribution in [-0.4, -0.2) is 18.4 Å². The normalized spacial score (nSPS) is 10.4. The number of nitrogens with one attached hydrogen (secondary N) is 1. The van der Waals surface area contributed by atoms with E-state index < -0.39 is 0 Å². The maximum Gasteiger partial charge on any atom is 0.244 e. The van der Waals surface area contributed by atoms with Crippen LogP contribution in [0.2, 0.25) is 15.1 Å². The van der Waals surface area contributed by atoms with E-state index in [0.717, 1.165) is 5.56 Å². The summed E-state index contributed by atoms with van der Waals surface area (Å²) >= 11 is 18.0. The summed E-state index contributed by atoms with van der Waals surface area (Å²) in [6, 6.07) is 9.87. The molecule has 0 radical (unpaired) electrons. The highest BCUT2D eigenvalue weighted by Gasteiger charge is 2.19. The number of carbonyl (C=O) groups is 2. The minimum Gasteiger partial charge on any atom is -0.324 e. The molecule has 0 saturated carbocycles. The fraction of sp³-hybridized carbons (Fsp3) is 0.176. The molecule has 126 valence electrons. The fourth-order valence-electron chi connectivity index (χ4n) is 2.16. The molecule has 0 unspecified atom stereocenters. The van der Waals surface area contributed by atoms with Gasteiger partial charge < -0.3 is 10.2 Å². The van der Waals surface area contributed by atoms with Crippen LogP contribution in [0.4, 0.5) is 11.4 Å². The molecule has 0 spiro atoms. The van der Waals surface area contributed by atoms with Gasteiger partial charge in [-0.25, -0.2) is 0 Å². The average Bonchev–Trinajstić information content (AvgIpc) is 2.50. The molecule has 2 aromatic rings. The number of rotatable bonds is 4. The molecule has 0 heterocycles. The van der Waals surface area contributed by atoms with Gasteiger partial charge in [0.1, 0.15) is 6.54 Å². The summed E-state index contributed by atoms with van der Waals surface area (Å²) < 4.78 is 0. The molecule has 0 aromatic heterocycles. The second-order valence-corrected chi connectivity index (χ2v) is 6.49. The summed E-state index contributed by atoms with van der Waals surface area (Å²) in [6.45, 7) is 3.01. The number of nitrogens with zero attached hydrogens (tertiary/aromatic N) is 1. The molecular weight excluding hydrogens is 371 g/mol. The second kappa shape index (κ2) is 7.88. The van der Waals surface area contributed by atoms with E-state index in [1.807, 2.05) is 6.92 Å². The summed E-state index contributed by atoms with van der Waals surface area (Å²) in [5, 5.41) is 4.11. The van der Waals surface area contributed by atoms with E-state index in [2.05, 4.69) is 5.32 Å². The first-order valence-electron chi connectivity index (χ1n) is 7.07. The van der Waals surface area contributed by atoms with Crippen molar-refractivity contribution in [1.82, 2.24) is 0 Å². The third kappa shape index (κ3) is 4.63. The smallest absolute Gasteiger partial charge is 0.244 e. The van der Waals surface area contributed by atoms with Crippen LogP contribution in [0.25, 0.3) is 0 Å². The van der Waals surface area contributed by atoms with Crippen molar-refractivity contribution in [2.75, 3.05) is 16.8 Å². The van der Waals surface area contributed by atoms with E-state index in [0.29, 0.717) is 26.4 Å². The van der Waals surface area contributed by atoms with Crippen molar-refractivity contribution < 1.29 is 9.59 Å². The van der Waals surface area contributed by atoms with Gasteiger partial charge in [-0.05, 0) is 48.9 Å². The summed E-state index contributed by atoms with van der Waals surface area (Å²) in [7, 11) is 0. The van der Waals surface area contributed by atoms with Gasteiger partial charge >= 0.3 is 0 Å². The maximum absolute atomic E-state index is 12.3. The van der Waals surface area contributed by atoms with Crippen LogP contribution in [0.1, 0.15) is 12.5 Å². The Labute approximate surface area is 155 Å². The number of aryl methyl sites for hydroxylation is 1. The van der Waals surface area contributed by atoms with Gasteiger partial charge in [0, 0.05) is 22.7 Å². The van der Waals surface area contributed by atoms with Gasteiger partial charge in [0.2, 0.25) is 11.8 Å². The summed E-state index contributed by atoms with van der Waals surface area (Å²) in [6.07, 6.45) is 0. The molecular formula is C17H15Cl3N2O2. The second-order valence-electron chi connectivity index (χ2n) is 5.21. The Morgan fingerprint density at radius 3 is 2.29 bits per heavy atom. The number of halogens is 3. The fourth-order valence-corrected chi connectivity index (χ4v) is 2.77. The van der Waals surface area contributed by atoms with Gasteiger partial charge in [-0.3, -0.25) is 9.59 Å². The molecule has 0 aliphatic carbocycles. The van der Waals surface area contributed by atoms with Crippen LogP contribution in [0.15, 0.2) is 36.4 Å². The van der Waals surface area contributed by atoms with Gasteiger partial charge in [0.15, 0.2) is 0 Å². The Hall–Kier alpha value is -1.75. The lowest BCUT2D eigenvalue weighted by molar-refractivity contribution is -0.120. The molecule has 2 amide bonds. The maximum atomic E-state index is 12.3. The van der Waals surface area contributed by atoms with E-state index >= 15 is 0 Å². The molecule has 0 aliphatic heterocycles. The first-order valence-corrected chi connectivity index (χ1v) is 8.20. The minimum absolute atomic E-state index is 0.183. The van der Waals surface area contributed by atoms with Crippen LogP contribution < -0.4 is 10.2 Å². The van der Waals surface area contributed by atoms with Crippen molar-refractivity contribution in [1.29, 1.82) is 0 Å². The lowest BCUT2D eigenvalue weighted by Gasteiger charge is -2.22. The van der Waals surface area contributed by atoms with Gasteiger partial charge in [-0.15, -0.1) is 0 Å². The zero-order chi connectivity index (χ0) is 17.9. The van der Waals surface area contributed by atoms with Crippen molar-refractivity contribution in [3.05, 3.63) is 57.0 Å². The summed E-state index contributed by atoms with van der Waals surface area (Å²) in [5.74, 6) is -0.672.